The molecule has 192 valence electrons. The normalized spacial score (nSPS) is 14.9. The Hall–Kier alpha value is -1.56. The molecule has 0 unspecified atom stereocenters. The third-order valence-electron chi connectivity index (χ3n) is 4.68. The van der Waals surface area contributed by atoms with Gasteiger partial charge < -0.3 is 32.3 Å². The Balaban J connectivity index is 0.000000424. The first-order chi connectivity index (χ1) is 15.6. The van der Waals surface area contributed by atoms with E-state index in [1.165, 1.54) is 43.7 Å². The van der Waals surface area contributed by atoms with Crippen LogP contribution in [0.5, 0.6) is 5.75 Å². The van der Waals surface area contributed by atoms with Crippen molar-refractivity contribution in [1.82, 2.24) is 21.1 Å². The number of aryl methyl sites for hydroxylation is 2. The fraction of sp³-hybridized carbons (Fsp3) is 0.696. The average molecular weight is 487 g/mol. The number of phenols is 1. The molecule has 1 aromatic rings. The second-order valence-electron chi connectivity index (χ2n) is 8.00. The van der Waals surface area contributed by atoms with Gasteiger partial charge in [-0.3, -0.25) is 5.43 Å². The number of hydrogen-bond acceptors (Lipinski definition) is 8. The molecule has 3 rings (SSSR count). The van der Waals surface area contributed by atoms with Crippen molar-refractivity contribution in [3.63, 3.8) is 0 Å². The summed E-state index contributed by atoms with van der Waals surface area (Å²) in [5, 5.41) is 24.6. The number of nitrogens with one attached hydrogen (secondary N) is 3. The van der Waals surface area contributed by atoms with Gasteiger partial charge in [0.2, 0.25) is 0 Å². The number of thioether (sulfide) groups is 1. The molecule has 1 amide bonds. The van der Waals surface area contributed by atoms with Gasteiger partial charge in [0, 0.05) is 43.7 Å². The van der Waals surface area contributed by atoms with Crippen LogP contribution in [-0.4, -0.2) is 72.5 Å². The first kappa shape index (κ1) is 31.4. The van der Waals surface area contributed by atoms with Crippen LogP contribution in [0.3, 0.4) is 0 Å². The summed E-state index contributed by atoms with van der Waals surface area (Å²) in [6.45, 7) is 12.7. The van der Waals surface area contributed by atoms with Crippen molar-refractivity contribution in [1.29, 1.82) is 0 Å². The van der Waals surface area contributed by atoms with E-state index in [1.807, 2.05) is 20.1 Å². The highest BCUT2D eigenvalue weighted by molar-refractivity contribution is 7.98. The van der Waals surface area contributed by atoms with Gasteiger partial charge in [0.05, 0.1) is 6.17 Å². The fourth-order valence-electron chi connectivity index (χ4n) is 3.09. The molecule has 1 aromatic carbocycles. The van der Waals surface area contributed by atoms with Crippen LogP contribution in [0.25, 0.3) is 0 Å². The van der Waals surface area contributed by atoms with Gasteiger partial charge in [-0.05, 0) is 76.0 Å². The van der Waals surface area contributed by atoms with Crippen molar-refractivity contribution in [2.24, 2.45) is 11.5 Å². The number of benzene rings is 1. The van der Waals surface area contributed by atoms with Crippen LogP contribution in [0.2, 0.25) is 0 Å². The maximum Gasteiger partial charge on any atom is 0.404 e. The number of hydrogen-bond donors (Lipinski definition) is 7. The number of carbonyl (C=O) groups is 1. The molecule has 1 aliphatic carbocycles. The summed E-state index contributed by atoms with van der Waals surface area (Å²) in [5.41, 5.74) is 16.1. The minimum absolute atomic E-state index is 0.185. The van der Waals surface area contributed by atoms with E-state index in [-0.39, 0.29) is 6.17 Å². The topological polar surface area (TPSA) is 149 Å². The van der Waals surface area contributed by atoms with Crippen LogP contribution in [0, 0.1) is 13.8 Å². The summed E-state index contributed by atoms with van der Waals surface area (Å²) in [5.74, 6) is 0.359. The van der Waals surface area contributed by atoms with E-state index in [0.29, 0.717) is 12.3 Å². The Labute approximate surface area is 204 Å². The lowest BCUT2D eigenvalue weighted by atomic mass is 10.1. The van der Waals surface area contributed by atoms with Crippen LogP contribution in [0.4, 0.5) is 4.79 Å². The van der Waals surface area contributed by atoms with Crippen molar-refractivity contribution >= 4 is 17.9 Å². The molecule has 0 spiro atoms. The summed E-state index contributed by atoms with van der Waals surface area (Å²) in [7, 11) is 0. The highest BCUT2D eigenvalue weighted by Crippen LogP contribution is 2.27. The van der Waals surface area contributed by atoms with Crippen LogP contribution in [0.1, 0.15) is 50.7 Å². The Kier molecular flexibility index (Phi) is 17.9. The predicted molar refractivity (Wildman–Crippen MR) is 139 cm³/mol. The van der Waals surface area contributed by atoms with E-state index < -0.39 is 6.09 Å². The van der Waals surface area contributed by atoms with Gasteiger partial charge >= 0.3 is 6.09 Å². The van der Waals surface area contributed by atoms with Crippen molar-refractivity contribution in [2.45, 2.75) is 70.5 Å². The second kappa shape index (κ2) is 18.8. The number of rotatable bonds is 7. The summed E-state index contributed by atoms with van der Waals surface area (Å²) >= 11 is 1.72. The van der Waals surface area contributed by atoms with E-state index in [1.54, 1.807) is 30.8 Å². The second-order valence-corrected chi connectivity index (χ2v) is 8.82. The van der Waals surface area contributed by atoms with Crippen LogP contribution >= 0.6 is 11.8 Å². The molecule has 1 aliphatic heterocycles. The zero-order valence-electron chi connectivity index (χ0n) is 21.0. The van der Waals surface area contributed by atoms with Crippen molar-refractivity contribution in [3.8, 4) is 5.75 Å². The molecule has 0 aromatic heterocycles. The minimum atomic E-state index is -0.961. The molecule has 9 N–H and O–H groups in total. The maximum absolute atomic E-state index is 9.49. The molecule has 0 radical (unpaired) electrons. The quantitative estimate of drug-likeness (QED) is 0.228. The summed E-state index contributed by atoms with van der Waals surface area (Å²) in [6.07, 6.45) is 6.24. The largest absolute Gasteiger partial charge is 0.508 e. The summed E-state index contributed by atoms with van der Waals surface area (Å²) < 4.78 is 0. The van der Waals surface area contributed by atoms with E-state index in [0.717, 1.165) is 30.3 Å². The standard InChI is InChI=1S/C9H12OS.C6H14N2.C5H13N3.C3H7NO2/c1-6-4-8(10)5-7(2)9(6)11-3;1-2-7-8-5-3-4-6-8;6-5(7)3-8-4-1-2-4;1-2-4-3(5)6/h4-5,10H,1-3H3;7H,2-6H2,1H3;4-5,8H,1-3,6-7H2;4H,2H2,1H3,(H,5,6). The highest BCUT2D eigenvalue weighted by atomic mass is 32.2. The minimum Gasteiger partial charge on any atom is -0.508 e. The third kappa shape index (κ3) is 17.6. The van der Waals surface area contributed by atoms with Crippen molar-refractivity contribution in [3.05, 3.63) is 23.3 Å². The molecule has 1 saturated carbocycles. The van der Waals surface area contributed by atoms with Gasteiger partial charge in [-0.15, -0.1) is 11.8 Å². The molecule has 0 atom stereocenters. The number of nitrogens with two attached hydrogens (primary N) is 2. The zero-order valence-corrected chi connectivity index (χ0v) is 21.8. The third-order valence-corrected chi connectivity index (χ3v) is 5.74. The molecule has 2 fully saturated rings. The first-order valence-electron chi connectivity index (χ1n) is 11.7. The van der Waals surface area contributed by atoms with E-state index in [2.05, 4.69) is 28.0 Å². The SMILES string of the molecule is CCNC(=O)O.CCNN1CCCC1.CSc1c(C)cc(O)cc1C.NC(N)CNC1CC1. The van der Waals surface area contributed by atoms with Gasteiger partial charge in [-0.25, -0.2) is 9.80 Å². The Morgan fingerprint density at radius 1 is 1.15 bits per heavy atom. The highest BCUT2D eigenvalue weighted by Gasteiger charge is 2.20. The molecular weight excluding hydrogens is 440 g/mol. The number of aromatic hydroxyl groups is 1. The Morgan fingerprint density at radius 2 is 1.70 bits per heavy atom. The first-order valence-corrected chi connectivity index (χ1v) is 12.9. The number of phenolic OH excluding ortho intramolecular Hbond substituents is 1. The molecule has 0 bridgehead atoms. The lowest BCUT2D eigenvalue weighted by Crippen LogP contribution is -2.41. The number of carboxylic acid groups (broad SMARTS) is 1. The average Bonchev–Trinajstić information content (AvgIpc) is 3.42. The Morgan fingerprint density at radius 3 is 2.03 bits per heavy atom. The van der Waals surface area contributed by atoms with Crippen molar-refractivity contribution < 1.29 is 15.0 Å². The molecule has 1 heterocycles. The van der Waals surface area contributed by atoms with E-state index in [9.17, 15) is 9.90 Å². The van der Waals surface area contributed by atoms with E-state index in [4.69, 9.17) is 16.6 Å². The fourth-order valence-corrected chi connectivity index (χ4v) is 3.85. The monoisotopic (exact) mass is 486 g/mol. The van der Waals surface area contributed by atoms with Crippen LogP contribution in [0.15, 0.2) is 17.0 Å². The van der Waals surface area contributed by atoms with E-state index >= 15 is 0 Å². The lowest BCUT2D eigenvalue weighted by molar-refractivity contribution is 0.195. The molecule has 2 aliphatic rings. The zero-order chi connectivity index (χ0) is 25.2. The molecule has 9 nitrogen and oxygen atoms in total. The molecule has 1 saturated heterocycles. The summed E-state index contributed by atoms with van der Waals surface area (Å²) in [6, 6.07) is 4.31. The van der Waals surface area contributed by atoms with Gasteiger partial charge in [0.15, 0.2) is 0 Å². The predicted octanol–water partition coefficient (Wildman–Crippen LogP) is 2.59. The van der Waals surface area contributed by atoms with Gasteiger partial charge in [-0.1, -0.05) is 6.92 Å². The van der Waals surface area contributed by atoms with Gasteiger partial charge in [0.25, 0.3) is 0 Å². The van der Waals surface area contributed by atoms with Crippen LogP contribution in [-0.2, 0) is 0 Å². The number of hydrazine groups is 1. The molecule has 33 heavy (non-hydrogen) atoms. The van der Waals surface area contributed by atoms with Gasteiger partial charge in [-0.2, -0.15) is 0 Å². The molecule has 10 heteroatoms. The van der Waals surface area contributed by atoms with Gasteiger partial charge in [0.1, 0.15) is 5.75 Å². The Bertz CT molecular complexity index is 628. The molecular formula is C23H46N6O3S. The maximum atomic E-state index is 9.49. The summed E-state index contributed by atoms with van der Waals surface area (Å²) in [4.78, 5) is 10.8. The van der Waals surface area contributed by atoms with Crippen molar-refractivity contribution in [2.75, 3.05) is 39.0 Å². The number of nitrogens with zero attached hydrogens (tertiary/aromatic N) is 1. The number of amides is 1. The van der Waals surface area contributed by atoms with Crippen LogP contribution < -0.4 is 27.5 Å². The lowest BCUT2D eigenvalue weighted by Gasteiger charge is -2.13. The smallest absolute Gasteiger partial charge is 0.404 e.